The number of ether oxygens (including phenoxy) is 6. The van der Waals surface area contributed by atoms with Gasteiger partial charge in [-0.15, -0.1) is 0 Å². The van der Waals surface area contributed by atoms with Crippen molar-refractivity contribution in [2.75, 3.05) is 21.0 Å². The largest absolute Gasteiger partial charge is 0.493 e. The number of hydrogen-bond donors (Lipinski definition) is 0. The van der Waals surface area contributed by atoms with Crippen LogP contribution in [-0.2, 0) is 19.2 Å². The van der Waals surface area contributed by atoms with Gasteiger partial charge in [-0.25, -0.2) is 0 Å². The average molecular weight is 486 g/mol. The van der Waals surface area contributed by atoms with E-state index in [2.05, 4.69) is 0 Å². The summed E-state index contributed by atoms with van der Waals surface area (Å²) < 4.78 is 32.5. The summed E-state index contributed by atoms with van der Waals surface area (Å²) in [7, 11) is 2.75. The van der Waals surface area contributed by atoms with Crippen molar-refractivity contribution in [2.45, 2.75) is 33.6 Å². The normalized spacial score (nSPS) is 12.7. The Labute approximate surface area is 202 Å². The first kappa shape index (κ1) is 25.5. The molecule has 35 heavy (non-hydrogen) atoms. The Hall–Kier alpha value is -4.08. The van der Waals surface area contributed by atoms with E-state index in [0.29, 0.717) is 22.6 Å². The van der Waals surface area contributed by atoms with Crippen molar-refractivity contribution in [3.05, 3.63) is 35.4 Å². The highest BCUT2D eigenvalue weighted by Crippen LogP contribution is 2.48. The van der Waals surface area contributed by atoms with Crippen LogP contribution in [0.5, 0.6) is 34.5 Å². The third-order valence-electron chi connectivity index (χ3n) is 5.39. The number of fused-ring (bicyclic) bond motifs is 1. The quantitative estimate of drug-likeness (QED) is 0.296. The summed E-state index contributed by atoms with van der Waals surface area (Å²) in [6.45, 7) is 5.04. The molecule has 0 amide bonds. The van der Waals surface area contributed by atoms with E-state index in [1.165, 1.54) is 60.1 Å². The molecule has 0 aliphatic carbocycles. The molecule has 1 aliphatic heterocycles. The van der Waals surface area contributed by atoms with Crippen molar-refractivity contribution in [1.29, 1.82) is 0 Å². The van der Waals surface area contributed by atoms with E-state index in [1.807, 2.05) is 0 Å². The number of Topliss-reactive ketones (excluding diaryl/α,β-unsaturated/α-hetero) is 2. The molecule has 0 fully saturated rings. The van der Waals surface area contributed by atoms with Crippen LogP contribution in [0.4, 0.5) is 0 Å². The number of benzene rings is 2. The second-order valence-electron chi connectivity index (χ2n) is 7.86. The monoisotopic (exact) mass is 486 g/mol. The number of methoxy groups -OCH3 is 2. The summed E-state index contributed by atoms with van der Waals surface area (Å²) in [6, 6.07) is 6.12. The van der Waals surface area contributed by atoms with Gasteiger partial charge in [0, 0.05) is 31.4 Å². The second kappa shape index (κ2) is 10.5. The van der Waals surface area contributed by atoms with Gasteiger partial charge in [0.15, 0.2) is 23.0 Å². The molecule has 1 atom stereocenters. The van der Waals surface area contributed by atoms with E-state index < -0.39 is 35.3 Å². The fraction of sp³-hybridized carbons (Fsp3) is 0.360. The van der Waals surface area contributed by atoms with Gasteiger partial charge in [-0.2, -0.15) is 0 Å². The van der Waals surface area contributed by atoms with Crippen LogP contribution in [-0.4, -0.2) is 44.5 Å². The molecular formula is C25H26O10. The molecule has 3 rings (SSSR count). The van der Waals surface area contributed by atoms with Crippen LogP contribution in [0.2, 0.25) is 0 Å². The van der Waals surface area contributed by atoms with Gasteiger partial charge < -0.3 is 28.4 Å². The summed E-state index contributed by atoms with van der Waals surface area (Å²) in [5.74, 6) is -2.97. The van der Waals surface area contributed by atoms with Crippen LogP contribution >= 0.6 is 0 Å². The lowest BCUT2D eigenvalue weighted by Gasteiger charge is -2.27. The van der Waals surface area contributed by atoms with E-state index in [9.17, 15) is 19.2 Å². The lowest BCUT2D eigenvalue weighted by atomic mass is 9.76. The minimum absolute atomic E-state index is 0.0372. The molecule has 0 spiro atoms. The smallest absolute Gasteiger partial charge is 0.308 e. The van der Waals surface area contributed by atoms with E-state index in [4.69, 9.17) is 28.4 Å². The van der Waals surface area contributed by atoms with Crippen LogP contribution < -0.4 is 28.4 Å². The zero-order valence-electron chi connectivity index (χ0n) is 20.3. The molecule has 2 aromatic carbocycles. The first-order valence-electron chi connectivity index (χ1n) is 10.6. The van der Waals surface area contributed by atoms with Gasteiger partial charge in [0.05, 0.1) is 20.1 Å². The van der Waals surface area contributed by atoms with E-state index >= 15 is 0 Å². The molecule has 2 aromatic rings. The molecule has 0 aromatic heterocycles. The van der Waals surface area contributed by atoms with E-state index in [0.717, 1.165) is 0 Å². The number of carbonyl (C=O) groups excluding carboxylic acids is 4. The Balaban J connectivity index is 2.35. The van der Waals surface area contributed by atoms with Crippen LogP contribution in [0.25, 0.3) is 0 Å². The molecule has 10 nitrogen and oxygen atoms in total. The summed E-state index contributed by atoms with van der Waals surface area (Å²) in [5, 5.41) is 0. The number of rotatable bonds is 9. The fourth-order valence-corrected chi connectivity index (χ4v) is 4.06. The van der Waals surface area contributed by atoms with Gasteiger partial charge in [-0.05, 0) is 37.6 Å². The maximum absolute atomic E-state index is 12.7. The molecule has 1 heterocycles. The van der Waals surface area contributed by atoms with Crippen LogP contribution in [0, 0.1) is 5.92 Å². The molecular weight excluding hydrogens is 460 g/mol. The third-order valence-corrected chi connectivity index (χ3v) is 5.39. The van der Waals surface area contributed by atoms with Gasteiger partial charge in [-0.3, -0.25) is 19.2 Å². The number of ketones is 2. The van der Waals surface area contributed by atoms with Gasteiger partial charge in [0.25, 0.3) is 0 Å². The van der Waals surface area contributed by atoms with Crippen molar-refractivity contribution in [3.63, 3.8) is 0 Å². The van der Waals surface area contributed by atoms with E-state index in [1.54, 1.807) is 6.07 Å². The van der Waals surface area contributed by atoms with Crippen molar-refractivity contribution >= 4 is 23.5 Å². The first-order valence-corrected chi connectivity index (χ1v) is 10.6. The Bertz CT molecular complexity index is 1140. The van der Waals surface area contributed by atoms with Crippen molar-refractivity contribution in [1.82, 2.24) is 0 Å². The topological polar surface area (TPSA) is 124 Å². The molecule has 0 saturated heterocycles. The highest BCUT2D eigenvalue weighted by Gasteiger charge is 2.37. The zero-order valence-corrected chi connectivity index (χ0v) is 20.3. The van der Waals surface area contributed by atoms with Gasteiger partial charge in [0.2, 0.25) is 12.5 Å². The molecule has 0 saturated carbocycles. The Kier molecular flexibility index (Phi) is 7.63. The molecule has 0 N–H and O–H groups in total. The zero-order chi connectivity index (χ0) is 25.9. The van der Waals surface area contributed by atoms with Crippen molar-refractivity contribution in [2.24, 2.45) is 5.92 Å². The first-order chi connectivity index (χ1) is 16.6. The molecule has 1 aliphatic rings. The predicted octanol–water partition coefficient (Wildman–Crippen LogP) is 3.21. The number of carbonyl (C=O) groups is 4. The third kappa shape index (κ3) is 5.37. The van der Waals surface area contributed by atoms with E-state index in [-0.39, 0.29) is 29.8 Å². The van der Waals surface area contributed by atoms with Crippen LogP contribution in [0.3, 0.4) is 0 Å². The standard InChI is InChI=1S/C25H26O10/c1-12(26)23(13(2)27)24(16-7-21(30-5)25(35-15(4)29)22(8-16)31-6)17-9-19-20(33-11-32-19)10-18(17)34-14(3)28/h7-10,23-24H,11H2,1-6H3/t24-/m0/s1. The van der Waals surface area contributed by atoms with Crippen molar-refractivity contribution < 1.29 is 47.6 Å². The highest BCUT2D eigenvalue weighted by atomic mass is 16.7. The molecule has 0 radical (unpaired) electrons. The SMILES string of the molecule is COc1cc([C@@H](c2cc3c(cc2OC(C)=O)OCO3)C(C(C)=O)C(C)=O)cc(OC)c1OC(C)=O. The number of esters is 2. The minimum Gasteiger partial charge on any atom is -0.493 e. The van der Waals surface area contributed by atoms with Crippen molar-refractivity contribution in [3.8, 4) is 34.5 Å². The maximum atomic E-state index is 12.7. The van der Waals surface area contributed by atoms with Crippen LogP contribution in [0.15, 0.2) is 24.3 Å². The average Bonchev–Trinajstić information content (AvgIpc) is 3.23. The Morgan fingerprint density at radius 2 is 1.26 bits per heavy atom. The lowest BCUT2D eigenvalue weighted by Crippen LogP contribution is -2.28. The Morgan fingerprint density at radius 1 is 0.743 bits per heavy atom. The summed E-state index contributed by atoms with van der Waals surface area (Å²) in [4.78, 5) is 49.0. The maximum Gasteiger partial charge on any atom is 0.308 e. The van der Waals surface area contributed by atoms with Gasteiger partial charge in [-0.1, -0.05) is 0 Å². The Morgan fingerprint density at radius 3 is 1.71 bits per heavy atom. The minimum atomic E-state index is -1.15. The lowest BCUT2D eigenvalue weighted by molar-refractivity contribution is -0.133. The summed E-state index contributed by atoms with van der Waals surface area (Å²) in [5.41, 5.74) is 0.751. The molecule has 0 unspecified atom stereocenters. The van der Waals surface area contributed by atoms with Gasteiger partial charge >= 0.3 is 11.9 Å². The second-order valence-corrected chi connectivity index (χ2v) is 7.86. The highest BCUT2D eigenvalue weighted by molar-refractivity contribution is 6.02. The van der Waals surface area contributed by atoms with Gasteiger partial charge in [0.1, 0.15) is 17.3 Å². The summed E-state index contributed by atoms with van der Waals surface area (Å²) >= 11 is 0. The number of hydrogen-bond acceptors (Lipinski definition) is 10. The fourth-order valence-electron chi connectivity index (χ4n) is 4.06. The molecule has 186 valence electrons. The summed E-state index contributed by atoms with van der Waals surface area (Å²) in [6.07, 6.45) is 0. The predicted molar refractivity (Wildman–Crippen MR) is 121 cm³/mol. The van der Waals surface area contributed by atoms with Crippen LogP contribution in [0.1, 0.15) is 44.7 Å². The molecule has 0 bridgehead atoms. The molecule has 10 heteroatoms.